The second-order valence-electron chi connectivity index (χ2n) is 13.9. The zero-order valence-electron chi connectivity index (χ0n) is 28.0. The first-order chi connectivity index (χ1) is 20.9. The number of nitrogens with one attached hydrogen (secondary N) is 2. The summed E-state index contributed by atoms with van der Waals surface area (Å²) in [7, 11) is 0. The summed E-state index contributed by atoms with van der Waals surface area (Å²) in [5.41, 5.74) is 1.36. The number of carbonyl (C=O) groups excluding carboxylic acids is 4. The molecule has 10 nitrogen and oxygen atoms in total. The van der Waals surface area contributed by atoms with E-state index in [9.17, 15) is 24.3 Å². The molecule has 3 rings (SSSR count). The zero-order valence-corrected chi connectivity index (χ0v) is 28.0. The van der Waals surface area contributed by atoms with Gasteiger partial charge < -0.3 is 30.1 Å². The number of hydrogen-bond acceptors (Lipinski definition) is 7. The quantitative estimate of drug-likeness (QED) is 0.313. The fourth-order valence-corrected chi connectivity index (χ4v) is 5.31. The maximum absolute atomic E-state index is 14.5. The van der Waals surface area contributed by atoms with E-state index in [4.69, 9.17) is 9.47 Å². The molecule has 5 unspecified atom stereocenters. The molecular weight excluding hydrogens is 574 g/mol. The van der Waals surface area contributed by atoms with Crippen LogP contribution in [0.3, 0.4) is 0 Å². The lowest BCUT2D eigenvalue weighted by molar-refractivity contribution is -0.159. The van der Waals surface area contributed by atoms with Gasteiger partial charge in [0, 0.05) is 12.5 Å². The van der Waals surface area contributed by atoms with Gasteiger partial charge in [-0.2, -0.15) is 0 Å². The van der Waals surface area contributed by atoms with Crippen molar-refractivity contribution >= 4 is 23.9 Å². The minimum atomic E-state index is -1.36. The van der Waals surface area contributed by atoms with Gasteiger partial charge in [0.05, 0.1) is 6.61 Å². The van der Waals surface area contributed by atoms with Gasteiger partial charge in [-0.1, -0.05) is 55.5 Å². The molecule has 3 amide bonds. The van der Waals surface area contributed by atoms with Crippen LogP contribution in [-0.4, -0.2) is 69.8 Å². The topological polar surface area (TPSA) is 134 Å². The van der Waals surface area contributed by atoms with Crippen LogP contribution < -0.4 is 10.6 Å². The molecule has 0 aliphatic heterocycles. The predicted molar refractivity (Wildman–Crippen MR) is 171 cm³/mol. The zero-order chi connectivity index (χ0) is 33.7. The van der Waals surface area contributed by atoms with E-state index in [0.717, 1.165) is 16.7 Å². The Hall–Kier alpha value is -3.92. The third kappa shape index (κ3) is 10.0. The number of aliphatic hydroxyl groups is 1. The number of hydrogen-bond donors (Lipinski definition) is 3. The van der Waals surface area contributed by atoms with E-state index in [0.29, 0.717) is 12.0 Å². The molecule has 2 aromatic carbocycles. The molecule has 0 spiro atoms. The summed E-state index contributed by atoms with van der Waals surface area (Å²) in [4.78, 5) is 56.4. The Kier molecular flexibility index (Phi) is 11.4. The highest BCUT2D eigenvalue weighted by atomic mass is 16.6. The van der Waals surface area contributed by atoms with Crippen molar-refractivity contribution in [2.24, 2.45) is 5.92 Å². The summed E-state index contributed by atoms with van der Waals surface area (Å²) in [5.74, 6) is -1.73. The second-order valence-corrected chi connectivity index (χ2v) is 13.9. The van der Waals surface area contributed by atoms with Crippen LogP contribution in [0.4, 0.5) is 4.79 Å². The normalized spacial score (nSPS) is 18.2. The standard InChI is InChI=1S/C35H49N3O7/c1-21-14-13-15-22(2)28(21)29(30(40)36-25(32(42)44-34(4,5)6)19-24-16-11-10-12-17-24)38(27-18-23(27)3)31(41)26(20-39)37-33(43)45-35(7,8)9/h10-17,23,25-27,29,39H,18-20H2,1-9H3,(H,36,40)(H,37,43). The van der Waals surface area contributed by atoms with Crippen LogP contribution in [0.1, 0.15) is 83.2 Å². The molecule has 2 aromatic rings. The van der Waals surface area contributed by atoms with Crippen LogP contribution in [0.2, 0.25) is 0 Å². The minimum Gasteiger partial charge on any atom is -0.458 e. The molecule has 3 N–H and O–H groups in total. The first-order valence-electron chi connectivity index (χ1n) is 15.5. The van der Waals surface area contributed by atoms with Gasteiger partial charge in [-0.25, -0.2) is 9.59 Å². The van der Waals surface area contributed by atoms with Gasteiger partial charge in [-0.3, -0.25) is 9.59 Å². The molecule has 0 aromatic heterocycles. The number of nitrogens with zero attached hydrogens (tertiary/aromatic N) is 1. The second kappa shape index (κ2) is 14.5. The molecule has 1 saturated carbocycles. The van der Waals surface area contributed by atoms with Gasteiger partial charge in [-0.15, -0.1) is 0 Å². The van der Waals surface area contributed by atoms with Crippen molar-refractivity contribution in [3.05, 3.63) is 70.8 Å². The van der Waals surface area contributed by atoms with Gasteiger partial charge in [0.15, 0.2) is 0 Å². The Morgan fingerprint density at radius 2 is 1.42 bits per heavy atom. The fourth-order valence-electron chi connectivity index (χ4n) is 5.31. The lowest BCUT2D eigenvalue weighted by Gasteiger charge is -2.36. The molecule has 0 bridgehead atoms. The van der Waals surface area contributed by atoms with Gasteiger partial charge in [-0.05, 0) is 90.0 Å². The Labute approximate surface area is 266 Å². The number of aryl methyl sites for hydroxylation is 2. The van der Waals surface area contributed by atoms with Crippen molar-refractivity contribution in [3.63, 3.8) is 0 Å². The first kappa shape index (κ1) is 35.6. The molecule has 45 heavy (non-hydrogen) atoms. The van der Waals surface area contributed by atoms with E-state index in [-0.39, 0.29) is 18.4 Å². The number of ether oxygens (including phenoxy) is 2. The Morgan fingerprint density at radius 3 is 1.91 bits per heavy atom. The van der Waals surface area contributed by atoms with Crippen molar-refractivity contribution in [3.8, 4) is 0 Å². The van der Waals surface area contributed by atoms with Gasteiger partial charge in [0.25, 0.3) is 0 Å². The van der Waals surface area contributed by atoms with Crippen molar-refractivity contribution in [1.29, 1.82) is 0 Å². The highest BCUT2D eigenvalue weighted by Crippen LogP contribution is 2.42. The maximum Gasteiger partial charge on any atom is 0.408 e. The van der Waals surface area contributed by atoms with E-state index >= 15 is 0 Å². The SMILES string of the molecule is Cc1cccc(C)c1C(C(=O)NC(Cc1ccccc1)C(=O)OC(C)(C)C)N(C(=O)C(CO)NC(=O)OC(C)(C)C)C1CC1C. The largest absolute Gasteiger partial charge is 0.458 e. The van der Waals surface area contributed by atoms with Crippen molar-refractivity contribution in [2.45, 2.75) is 111 Å². The average Bonchev–Trinajstić information content (AvgIpc) is 3.64. The molecular formula is C35H49N3O7. The van der Waals surface area contributed by atoms with Crippen LogP contribution in [0.5, 0.6) is 0 Å². The summed E-state index contributed by atoms with van der Waals surface area (Å²) in [5, 5.41) is 15.7. The van der Waals surface area contributed by atoms with E-state index < -0.39 is 59.8 Å². The molecule has 246 valence electrons. The highest BCUT2D eigenvalue weighted by Gasteiger charge is 2.49. The van der Waals surface area contributed by atoms with Crippen molar-refractivity contribution in [1.82, 2.24) is 15.5 Å². The minimum absolute atomic E-state index is 0.0698. The molecule has 10 heteroatoms. The lowest BCUT2D eigenvalue weighted by Crippen LogP contribution is -2.57. The fraction of sp³-hybridized carbons (Fsp3) is 0.543. The van der Waals surface area contributed by atoms with Crippen LogP contribution in [0.25, 0.3) is 0 Å². The van der Waals surface area contributed by atoms with Crippen LogP contribution in [-0.2, 0) is 30.3 Å². The third-order valence-electron chi connectivity index (χ3n) is 7.48. The Morgan fingerprint density at radius 1 is 0.867 bits per heavy atom. The number of esters is 1. The monoisotopic (exact) mass is 623 g/mol. The number of alkyl carbamates (subject to hydrolysis) is 1. The Balaban J connectivity index is 2.08. The summed E-state index contributed by atoms with van der Waals surface area (Å²) < 4.78 is 11.0. The number of carbonyl (C=O) groups is 4. The van der Waals surface area contributed by atoms with E-state index in [1.165, 1.54) is 4.90 Å². The summed E-state index contributed by atoms with van der Waals surface area (Å²) >= 11 is 0. The van der Waals surface area contributed by atoms with Gasteiger partial charge in [0.1, 0.15) is 29.3 Å². The van der Waals surface area contributed by atoms with Crippen molar-refractivity contribution in [2.75, 3.05) is 6.61 Å². The lowest BCUT2D eigenvalue weighted by atomic mass is 9.93. The number of rotatable bonds is 11. The average molecular weight is 624 g/mol. The van der Waals surface area contributed by atoms with E-state index in [2.05, 4.69) is 10.6 Å². The van der Waals surface area contributed by atoms with E-state index in [1.807, 2.05) is 69.3 Å². The number of benzene rings is 2. The van der Waals surface area contributed by atoms with Crippen LogP contribution >= 0.6 is 0 Å². The maximum atomic E-state index is 14.5. The first-order valence-corrected chi connectivity index (χ1v) is 15.5. The third-order valence-corrected chi connectivity index (χ3v) is 7.48. The highest BCUT2D eigenvalue weighted by molar-refractivity contribution is 5.94. The molecule has 0 radical (unpaired) electrons. The number of amides is 3. The van der Waals surface area contributed by atoms with Crippen molar-refractivity contribution < 1.29 is 33.8 Å². The smallest absolute Gasteiger partial charge is 0.408 e. The molecule has 1 aliphatic rings. The number of aliphatic hydroxyl groups excluding tert-OH is 1. The Bertz CT molecular complexity index is 1340. The van der Waals surface area contributed by atoms with Gasteiger partial charge >= 0.3 is 12.1 Å². The molecule has 1 fully saturated rings. The van der Waals surface area contributed by atoms with E-state index in [1.54, 1.807) is 41.5 Å². The molecule has 5 atom stereocenters. The van der Waals surface area contributed by atoms with Crippen LogP contribution in [0.15, 0.2) is 48.5 Å². The molecule has 0 saturated heterocycles. The molecule has 1 aliphatic carbocycles. The summed E-state index contributed by atoms with van der Waals surface area (Å²) in [6.07, 6.45) is -0.0571. The summed E-state index contributed by atoms with van der Waals surface area (Å²) in [6.45, 7) is 15.3. The van der Waals surface area contributed by atoms with Crippen LogP contribution in [0, 0.1) is 19.8 Å². The predicted octanol–water partition coefficient (Wildman–Crippen LogP) is 4.54. The van der Waals surface area contributed by atoms with Gasteiger partial charge in [0.2, 0.25) is 11.8 Å². The summed E-state index contributed by atoms with van der Waals surface area (Å²) in [6, 6.07) is 11.0. The molecule has 0 heterocycles.